The van der Waals surface area contributed by atoms with E-state index < -0.39 is 10.0 Å². The van der Waals surface area contributed by atoms with Crippen molar-refractivity contribution < 1.29 is 13.2 Å². The second-order valence-electron chi connectivity index (χ2n) is 5.04. The van der Waals surface area contributed by atoms with Gasteiger partial charge < -0.3 is 4.74 Å². The predicted octanol–water partition coefficient (Wildman–Crippen LogP) is 3.60. The first-order valence-corrected chi connectivity index (χ1v) is 9.31. The van der Waals surface area contributed by atoms with Crippen LogP contribution >= 0.6 is 15.9 Å². The minimum atomic E-state index is -3.65. The van der Waals surface area contributed by atoms with E-state index in [1.165, 1.54) is 0 Å². The molecular weight excluding hydrogens is 366 g/mol. The number of aryl methyl sites for hydroxylation is 1. The van der Waals surface area contributed by atoms with Crippen LogP contribution in [0.1, 0.15) is 22.8 Å². The molecule has 0 saturated heterocycles. The third-order valence-corrected chi connectivity index (χ3v) is 5.35. The molecule has 114 valence electrons. The third-order valence-electron chi connectivity index (χ3n) is 3.44. The zero-order valence-electron chi connectivity index (χ0n) is 11.9. The lowest BCUT2D eigenvalue weighted by Crippen LogP contribution is -2.12. The second kappa shape index (κ2) is 5.85. The van der Waals surface area contributed by atoms with E-state index in [9.17, 15) is 8.42 Å². The first-order chi connectivity index (χ1) is 10.5. The largest absolute Gasteiger partial charge is 0.468 e. The van der Waals surface area contributed by atoms with Crippen LogP contribution in [0.15, 0.2) is 57.8 Å². The van der Waals surface area contributed by atoms with Crippen molar-refractivity contribution in [3.8, 4) is 0 Å². The molecule has 2 aromatic rings. The smallest absolute Gasteiger partial charge is 0.286 e. The Morgan fingerprint density at radius 1 is 1.14 bits per heavy atom. The molecule has 0 amide bonds. The summed E-state index contributed by atoms with van der Waals surface area (Å²) in [5, 5.41) is 0.539. The topological polar surface area (TPSA) is 55.7 Å². The molecule has 0 N–H and O–H groups in total. The van der Waals surface area contributed by atoms with Gasteiger partial charge in [-0.1, -0.05) is 57.9 Å². The maximum atomic E-state index is 12.0. The van der Waals surface area contributed by atoms with Crippen LogP contribution in [0.25, 0.3) is 0 Å². The maximum Gasteiger partial charge on any atom is 0.286 e. The number of hydrogen-bond donors (Lipinski definition) is 0. The highest BCUT2D eigenvalue weighted by atomic mass is 79.9. The lowest BCUT2D eigenvalue weighted by molar-refractivity contribution is 0.220. The molecule has 0 spiro atoms. The molecule has 0 saturated carbocycles. The van der Waals surface area contributed by atoms with Gasteiger partial charge in [-0.05, 0) is 24.6 Å². The van der Waals surface area contributed by atoms with Gasteiger partial charge in [0.2, 0.25) is 5.90 Å². The van der Waals surface area contributed by atoms with Crippen LogP contribution in [0.5, 0.6) is 0 Å². The number of hydrogen-bond acceptors (Lipinski definition) is 3. The highest BCUT2D eigenvalue weighted by molar-refractivity contribution is 9.09. The van der Waals surface area contributed by atoms with Gasteiger partial charge in [-0.3, -0.25) is 0 Å². The fourth-order valence-electron chi connectivity index (χ4n) is 2.27. The second-order valence-corrected chi connectivity index (χ2v) is 7.26. The van der Waals surface area contributed by atoms with Gasteiger partial charge in [0, 0.05) is 5.33 Å². The fraction of sp³-hybridized carbons (Fsp3) is 0.188. The molecule has 0 aliphatic carbocycles. The van der Waals surface area contributed by atoms with Crippen molar-refractivity contribution in [2.24, 2.45) is 4.40 Å². The van der Waals surface area contributed by atoms with Crippen molar-refractivity contribution in [2.45, 2.75) is 17.9 Å². The van der Waals surface area contributed by atoms with Gasteiger partial charge in [-0.2, -0.15) is 8.42 Å². The molecule has 22 heavy (non-hydrogen) atoms. The predicted molar refractivity (Wildman–Crippen MR) is 89.0 cm³/mol. The number of fused-ring (bicyclic) bond motifs is 1. The van der Waals surface area contributed by atoms with E-state index in [4.69, 9.17) is 4.74 Å². The first kappa shape index (κ1) is 15.2. The van der Waals surface area contributed by atoms with E-state index in [1.807, 2.05) is 31.2 Å². The molecule has 0 unspecified atom stereocenters. The Morgan fingerprint density at radius 3 is 2.50 bits per heavy atom. The molecule has 6 heteroatoms. The zero-order valence-corrected chi connectivity index (χ0v) is 14.3. The Labute approximate surface area is 138 Å². The average Bonchev–Trinajstić information content (AvgIpc) is 2.77. The van der Waals surface area contributed by atoms with E-state index in [0.29, 0.717) is 10.9 Å². The van der Waals surface area contributed by atoms with Gasteiger partial charge in [0.25, 0.3) is 10.0 Å². The summed E-state index contributed by atoms with van der Waals surface area (Å²) in [7, 11) is -3.65. The molecule has 3 rings (SSSR count). The summed E-state index contributed by atoms with van der Waals surface area (Å²) in [5.74, 6) is 0.153. The van der Waals surface area contributed by atoms with Crippen LogP contribution in [0.3, 0.4) is 0 Å². The molecule has 1 aliphatic rings. The monoisotopic (exact) mass is 379 g/mol. The van der Waals surface area contributed by atoms with Gasteiger partial charge in [0.1, 0.15) is 11.0 Å². The number of nitrogens with zero attached hydrogens (tertiary/aromatic N) is 1. The average molecular weight is 380 g/mol. The van der Waals surface area contributed by atoms with E-state index in [0.717, 1.165) is 11.1 Å². The maximum absolute atomic E-state index is 12.0. The number of ether oxygens (including phenoxy) is 1. The van der Waals surface area contributed by atoms with E-state index >= 15 is 0 Å². The SMILES string of the molecule is Cc1ccc([C@H](CBr)OC2=NS(=O)(=O)c3ccccc32)cc1. The van der Waals surface area contributed by atoms with Crippen molar-refractivity contribution in [1.82, 2.24) is 0 Å². The molecule has 0 fully saturated rings. The van der Waals surface area contributed by atoms with Gasteiger partial charge >= 0.3 is 0 Å². The Kier molecular flexibility index (Phi) is 4.06. The summed E-state index contributed by atoms with van der Waals surface area (Å²) in [5.41, 5.74) is 2.63. The summed E-state index contributed by atoms with van der Waals surface area (Å²) >= 11 is 3.42. The van der Waals surface area contributed by atoms with Gasteiger partial charge in [-0.15, -0.1) is 4.40 Å². The summed E-state index contributed by atoms with van der Waals surface area (Å²) in [6.07, 6.45) is -0.305. The van der Waals surface area contributed by atoms with Crippen LogP contribution in [0.4, 0.5) is 0 Å². The number of halogens is 1. The van der Waals surface area contributed by atoms with Gasteiger partial charge in [0.15, 0.2) is 0 Å². The molecule has 0 aromatic heterocycles. The van der Waals surface area contributed by atoms with E-state index in [-0.39, 0.29) is 16.9 Å². The third kappa shape index (κ3) is 2.80. The summed E-state index contributed by atoms with van der Waals surface area (Å²) in [4.78, 5) is 0.197. The van der Waals surface area contributed by atoms with Crippen LogP contribution in [0, 0.1) is 6.92 Å². The van der Waals surface area contributed by atoms with Crippen LogP contribution in [-0.2, 0) is 14.8 Å². The molecule has 1 heterocycles. The number of sulfonamides is 1. The highest BCUT2D eigenvalue weighted by Gasteiger charge is 2.31. The highest BCUT2D eigenvalue weighted by Crippen LogP contribution is 2.30. The zero-order chi connectivity index (χ0) is 15.7. The quantitative estimate of drug-likeness (QED) is 0.765. The van der Waals surface area contributed by atoms with Crippen molar-refractivity contribution in [3.05, 3.63) is 65.2 Å². The Bertz CT molecular complexity index is 829. The first-order valence-electron chi connectivity index (χ1n) is 6.75. The van der Waals surface area contributed by atoms with Crippen molar-refractivity contribution in [2.75, 3.05) is 5.33 Å². The van der Waals surface area contributed by atoms with E-state index in [1.54, 1.807) is 24.3 Å². The number of alkyl halides is 1. The van der Waals surface area contributed by atoms with Gasteiger partial charge in [-0.25, -0.2) is 0 Å². The Hall–Kier alpha value is -1.66. The number of benzene rings is 2. The molecule has 0 radical (unpaired) electrons. The Morgan fingerprint density at radius 2 is 1.82 bits per heavy atom. The van der Waals surface area contributed by atoms with Crippen molar-refractivity contribution >= 4 is 31.9 Å². The van der Waals surface area contributed by atoms with Gasteiger partial charge in [0.05, 0.1) is 5.56 Å². The lowest BCUT2D eigenvalue weighted by Gasteiger charge is -2.17. The molecular formula is C16H14BrNO3S. The molecule has 4 nitrogen and oxygen atoms in total. The Balaban J connectivity index is 1.94. The molecule has 2 aromatic carbocycles. The van der Waals surface area contributed by atoms with Crippen LogP contribution in [0.2, 0.25) is 0 Å². The number of rotatable bonds is 3. The summed E-state index contributed by atoms with van der Waals surface area (Å²) in [6, 6.07) is 14.6. The molecule has 1 atom stereocenters. The van der Waals surface area contributed by atoms with Crippen LogP contribution < -0.4 is 0 Å². The minimum Gasteiger partial charge on any atom is -0.468 e. The minimum absolute atomic E-state index is 0.153. The molecule has 1 aliphatic heterocycles. The summed E-state index contributed by atoms with van der Waals surface area (Å²) < 4.78 is 33.7. The van der Waals surface area contributed by atoms with Crippen molar-refractivity contribution in [1.29, 1.82) is 0 Å². The summed E-state index contributed by atoms with van der Waals surface area (Å²) in [6.45, 7) is 2.01. The van der Waals surface area contributed by atoms with Crippen LogP contribution in [-0.4, -0.2) is 19.6 Å². The lowest BCUT2D eigenvalue weighted by atomic mass is 10.1. The normalized spacial score (nSPS) is 16.7. The van der Waals surface area contributed by atoms with E-state index in [2.05, 4.69) is 20.3 Å². The molecule has 0 bridgehead atoms. The standard InChI is InChI=1S/C16H14BrNO3S/c1-11-6-8-12(9-7-11)14(10-17)21-16-13-4-2-3-5-15(13)22(19,20)18-16/h2-9,14H,10H2,1H3/t14-/m0/s1. The fourth-order valence-corrected chi connectivity index (χ4v) is 3.91. The van der Waals surface area contributed by atoms with Crippen molar-refractivity contribution in [3.63, 3.8) is 0 Å².